The van der Waals surface area contributed by atoms with Gasteiger partial charge in [0.1, 0.15) is 17.6 Å². The van der Waals surface area contributed by atoms with Crippen molar-refractivity contribution in [3.8, 4) is 5.75 Å². The van der Waals surface area contributed by atoms with Crippen molar-refractivity contribution in [3.05, 3.63) is 82.2 Å². The zero-order valence-electron chi connectivity index (χ0n) is 18.1. The van der Waals surface area contributed by atoms with E-state index in [1.165, 1.54) is 17.7 Å². The molecular formula is C24H27N5O2S. The number of hydrogen-bond donors (Lipinski definition) is 0. The fraction of sp³-hybridized carbons (Fsp3) is 0.375. The number of nitrogens with zero attached hydrogens (tertiary/aromatic N) is 5. The minimum Gasteiger partial charge on any atom is -0.497 e. The van der Waals surface area contributed by atoms with Gasteiger partial charge in [-0.25, -0.2) is 4.68 Å². The molecule has 0 N–H and O–H groups in total. The van der Waals surface area contributed by atoms with Crippen LogP contribution in [0.2, 0.25) is 0 Å². The summed E-state index contributed by atoms with van der Waals surface area (Å²) < 4.78 is 13.3. The average molecular weight is 450 g/mol. The molecule has 3 heterocycles. The highest BCUT2D eigenvalue weighted by molar-refractivity contribution is 7.10. The Hall–Kier alpha value is -2.97. The van der Waals surface area contributed by atoms with Crippen molar-refractivity contribution in [2.75, 3.05) is 7.11 Å². The van der Waals surface area contributed by atoms with Crippen LogP contribution in [0.15, 0.2) is 64.6 Å². The molecular weight excluding hydrogens is 422 g/mol. The Bertz CT molecular complexity index is 1100. The maximum Gasteiger partial charge on any atom is 0.174 e. The third-order valence-corrected chi connectivity index (χ3v) is 6.99. The van der Waals surface area contributed by atoms with Crippen LogP contribution in [0.1, 0.15) is 59.8 Å². The van der Waals surface area contributed by atoms with Gasteiger partial charge >= 0.3 is 0 Å². The zero-order chi connectivity index (χ0) is 21.8. The second-order valence-electron chi connectivity index (χ2n) is 8.17. The summed E-state index contributed by atoms with van der Waals surface area (Å²) in [6, 6.07) is 16.7. The SMILES string of the molecule is COc1cccc(CN(Cc2ccco2)[C@@H](c2cccs2)c2nnnn2C2CCCC2)c1. The quantitative estimate of drug-likeness (QED) is 0.348. The Morgan fingerprint density at radius 3 is 2.81 bits per heavy atom. The van der Waals surface area contributed by atoms with E-state index in [0.717, 1.165) is 35.7 Å². The van der Waals surface area contributed by atoms with Crippen LogP contribution in [0.3, 0.4) is 0 Å². The number of hydrogen-bond acceptors (Lipinski definition) is 7. The van der Waals surface area contributed by atoms with E-state index in [0.29, 0.717) is 19.1 Å². The predicted molar refractivity (Wildman–Crippen MR) is 122 cm³/mol. The highest BCUT2D eigenvalue weighted by Gasteiger charge is 2.32. The molecule has 0 aliphatic heterocycles. The van der Waals surface area contributed by atoms with Crippen molar-refractivity contribution in [3.63, 3.8) is 0 Å². The summed E-state index contributed by atoms with van der Waals surface area (Å²) in [5.74, 6) is 2.66. The van der Waals surface area contributed by atoms with Crippen molar-refractivity contribution >= 4 is 11.3 Å². The van der Waals surface area contributed by atoms with Crippen LogP contribution in [0.4, 0.5) is 0 Å². The van der Waals surface area contributed by atoms with Crippen LogP contribution < -0.4 is 4.74 Å². The van der Waals surface area contributed by atoms with E-state index >= 15 is 0 Å². The largest absolute Gasteiger partial charge is 0.497 e. The minimum atomic E-state index is -0.0816. The first kappa shape index (κ1) is 20.9. The van der Waals surface area contributed by atoms with Gasteiger partial charge in [-0.3, -0.25) is 4.90 Å². The highest BCUT2D eigenvalue weighted by Crippen LogP contribution is 2.37. The van der Waals surface area contributed by atoms with Crippen LogP contribution in [-0.2, 0) is 13.1 Å². The summed E-state index contributed by atoms with van der Waals surface area (Å²) in [5.41, 5.74) is 1.16. The first-order valence-electron chi connectivity index (χ1n) is 11.0. The maximum absolute atomic E-state index is 5.74. The van der Waals surface area contributed by atoms with Crippen LogP contribution in [0.25, 0.3) is 0 Å². The molecule has 4 aromatic rings. The molecule has 0 unspecified atom stereocenters. The number of furan rings is 1. The van der Waals surface area contributed by atoms with E-state index < -0.39 is 0 Å². The van der Waals surface area contributed by atoms with E-state index in [-0.39, 0.29) is 6.04 Å². The van der Waals surface area contributed by atoms with Gasteiger partial charge in [-0.2, -0.15) is 0 Å². The van der Waals surface area contributed by atoms with Gasteiger partial charge in [0.05, 0.1) is 26.0 Å². The fourth-order valence-corrected chi connectivity index (χ4v) is 5.41. The molecule has 8 heteroatoms. The minimum absolute atomic E-state index is 0.0816. The molecule has 0 amide bonds. The van der Waals surface area contributed by atoms with Crippen LogP contribution >= 0.6 is 11.3 Å². The van der Waals surface area contributed by atoms with Crippen LogP contribution in [0.5, 0.6) is 5.75 Å². The van der Waals surface area contributed by atoms with E-state index in [1.54, 1.807) is 24.7 Å². The molecule has 3 aromatic heterocycles. The normalized spacial score (nSPS) is 15.4. The summed E-state index contributed by atoms with van der Waals surface area (Å²) in [6.45, 7) is 1.35. The van der Waals surface area contributed by atoms with Gasteiger partial charge in [-0.05, 0) is 64.5 Å². The summed E-state index contributed by atoms with van der Waals surface area (Å²) in [7, 11) is 1.70. The topological polar surface area (TPSA) is 69.2 Å². The molecule has 1 aliphatic carbocycles. The molecule has 1 atom stereocenters. The van der Waals surface area contributed by atoms with Crippen molar-refractivity contribution < 1.29 is 9.15 Å². The summed E-state index contributed by atoms with van der Waals surface area (Å²) >= 11 is 1.73. The molecule has 1 aromatic carbocycles. The smallest absolute Gasteiger partial charge is 0.174 e. The molecule has 0 bridgehead atoms. The lowest BCUT2D eigenvalue weighted by molar-refractivity contribution is 0.179. The number of tetrazole rings is 1. The van der Waals surface area contributed by atoms with Gasteiger partial charge in [0, 0.05) is 11.4 Å². The lowest BCUT2D eigenvalue weighted by atomic mass is 10.1. The standard InChI is InChI=1S/C24H27N5O2S/c1-30-20-10-4-7-18(15-20)16-28(17-21-11-5-13-31-21)23(22-12-6-14-32-22)24-25-26-27-29(24)19-8-2-3-9-19/h4-7,10-15,19,23H,2-3,8-9,16-17H2,1H3/t23-/m0/s1. The number of ether oxygens (including phenoxy) is 1. The number of benzene rings is 1. The Balaban J connectivity index is 1.55. The van der Waals surface area contributed by atoms with E-state index in [2.05, 4.69) is 54.8 Å². The Morgan fingerprint density at radius 2 is 2.06 bits per heavy atom. The van der Waals surface area contributed by atoms with Gasteiger partial charge in [0.25, 0.3) is 0 Å². The molecule has 0 saturated heterocycles. The predicted octanol–water partition coefficient (Wildman–Crippen LogP) is 5.24. The molecule has 32 heavy (non-hydrogen) atoms. The van der Waals surface area contributed by atoms with Crippen LogP contribution in [0, 0.1) is 0 Å². The van der Waals surface area contributed by atoms with E-state index in [4.69, 9.17) is 9.15 Å². The Kier molecular flexibility index (Phi) is 6.31. The molecule has 1 saturated carbocycles. The van der Waals surface area contributed by atoms with Gasteiger partial charge in [-0.1, -0.05) is 31.0 Å². The Morgan fingerprint density at radius 1 is 1.16 bits per heavy atom. The zero-order valence-corrected chi connectivity index (χ0v) is 18.9. The average Bonchev–Trinajstić information content (AvgIpc) is 3.62. The van der Waals surface area contributed by atoms with E-state index in [1.807, 2.05) is 24.3 Å². The molecule has 166 valence electrons. The van der Waals surface area contributed by atoms with Gasteiger partial charge in [0.15, 0.2) is 5.82 Å². The van der Waals surface area contributed by atoms with Crippen molar-refractivity contribution in [1.82, 2.24) is 25.1 Å². The first-order chi connectivity index (χ1) is 15.8. The number of aromatic nitrogens is 4. The van der Waals surface area contributed by atoms with E-state index in [9.17, 15) is 0 Å². The third-order valence-electron chi connectivity index (χ3n) is 6.07. The van der Waals surface area contributed by atoms with Crippen molar-refractivity contribution in [2.24, 2.45) is 0 Å². The number of rotatable bonds is 9. The molecule has 1 aliphatic rings. The molecule has 7 nitrogen and oxygen atoms in total. The number of thiophene rings is 1. The summed E-state index contributed by atoms with van der Waals surface area (Å²) in [6.07, 6.45) is 6.44. The lowest BCUT2D eigenvalue weighted by Gasteiger charge is -2.30. The highest BCUT2D eigenvalue weighted by atomic mass is 32.1. The molecule has 5 rings (SSSR count). The monoisotopic (exact) mass is 449 g/mol. The first-order valence-corrected chi connectivity index (χ1v) is 11.9. The Labute approximate surface area is 191 Å². The fourth-order valence-electron chi connectivity index (χ4n) is 4.55. The summed E-state index contributed by atoms with van der Waals surface area (Å²) in [4.78, 5) is 3.60. The second-order valence-corrected chi connectivity index (χ2v) is 9.15. The molecule has 1 fully saturated rings. The lowest BCUT2D eigenvalue weighted by Crippen LogP contribution is -2.31. The van der Waals surface area contributed by atoms with Gasteiger partial charge in [-0.15, -0.1) is 16.4 Å². The van der Waals surface area contributed by atoms with Crippen molar-refractivity contribution in [2.45, 2.75) is 50.9 Å². The summed E-state index contributed by atoms with van der Waals surface area (Å²) in [5, 5.41) is 15.2. The van der Waals surface area contributed by atoms with Crippen LogP contribution in [-0.4, -0.2) is 32.2 Å². The van der Waals surface area contributed by atoms with Gasteiger partial charge < -0.3 is 9.15 Å². The van der Waals surface area contributed by atoms with Gasteiger partial charge in [0.2, 0.25) is 0 Å². The third kappa shape index (κ3) is 4.47. The second kappa shape index (κ2) is 9.67. The number of methoxy groups -OCH3 is 1. The maximum atomic E-state index is 5.74. The van der Waals surface area contributed by atoms with Crippen molar-refractivity contribution in [1.29, 1.82) is 0 Å². The molecule has 0 spiro atoms. The molecule has 0 radical (unpaired) electrons.